The van der Waals surface area contributed by atoms with Gasteiger partial charge in [-0.2, -0.15) is 0 Å². The number of amides is 1. The summed E-state index contributed by atoms with van der Waals surface area (Å²) in [4.78, 5) is 15.2. The zero-order chi connectivity index (χ0) is 11.5. The lowest BCUT2D eigenvalue weighted by Gasteiger charge is -2.19. The minimum atomic E-state index is -0.501. The van der Waals surface area contributed by atoms with Gasteiger partial charge in [0.25, 0.3) is 5.19 Å². The number of aromatic nitrogens is 1. The second-order valence-electron chi connectivity index (χ2n) is 3.82. The molecule has 0 unspecified atom stereocenters. The third kappa shape index (κ3) is 4.16. The molecule has 1 aromatic heterocycles. The number of nitrogens with zero attached hydrogens (tertiary/aromatic N) is 1. The number of ether oxygens (including phenoxy) is 2. The maximum Gasteiger partial charge on any atom is 0.412 e. The lowest BCUT2D eigenvalue weighted by Crippen LogP contribution is -2.26. The summed E-state index contributed by atoms with van der Waals surface area (Å²) in [5.74, 6) is 0. The quantitative estimate of drug-likeness (QED) is 0.848. The first-order chi connectivity index (χ1) is 6.90. The Labute approximate surface area is 92.4 Å². The van der Waals surface area contributed by atoms with Crippen molar-refractivity contribution in [1.29, 1.82) is 0 Å². The maximum absolute atomic E-state index is 11.3. The highest BCUT2D eigenvalue weighted by atomic mass is 32.1. The molecule has 1 N–H and O–H groups in total. The molecule has 84 valence electrons. The van der Waals surface area contributed by atoms with E-state index in [2.05, 4.69) is 10.3 Å². The SMILES string of the molecule is COc1ncc(NC(=O)OC(C)(C)C)s1. The first-order valence-corrected chi connectivity index (χ1v) is 5.22. The highest BCUT2D eigenvalue weighted by molar-refractivity contribution is 7.17. The Morgan fingerprint density at radius 1 is 1.53 bits per heavy atom. The molecule has 0 aliphatic heterocycles. The van der Waals surface area contributed by atoms with Crippen LogP contribution in [0.2, 0.25) is 0 Å². The van der Waals surface area contributed by atoms with Gasteiger partial charge in [0.15, 0.2) is 0 Å². The van der Waals surface area contributed by atoms with Gasteiger partial charge in [0.05, 0.1) is 13.3 Å². The number of rotatable bonds is 2. The van der Waals surface area contributed by atoms with E-state index in [1.807, 2.05) is 0 Å². The summed E-state index contributed by atoms with van der Waals surface area (Å²) in [7, 11) is 1.52. The number of methoxy groups -OCH3 is 1. The molecule has 5 nitrogen and oxygen atoms in total. The largest absolute Gasteiger partial charge is 0.473 e. The van der Waals surface area contributed by atoms with Crippen molar-refractivity contribution in [3.8, 4) is 5.19 Å². The summed E-state index contributed by atoms with van der Waals surface area (Å²) in [6.45, 7) is 5.42. The molecule has 0 radical (unpaired) electrons. The van der Waals surface area contributed by atoms with Crippen LogP contribution in [0.1, 0.15) is 20.8 Å². The Bertz CT molecular complexity index is 343. The molecule has 0 spiro atoms. The molecule has 0 aromatic carbocycles. The molecule has 1 rings (SSSR count). The van der Waals surface area contributed by atoms with Crippen molar-refractivity contribution in [2.24, 2.45) is 0 Å². The predicted molar refractivity (Wildman–Crippen MR) is 58.5 cm³/mol. The number of anilines is 1. The van der Waals surface area contributed by atoms with Crippen LogP contribution < -0.4 is 10.1 Å². The molecule has 0 bridgehead atoms. The second kappa shape index (κ2) is 4.48. The van der Waals surface area contributed by atoms with E-state index in [0.717, 1.165) is 0 Å². The number of carbonyl (C=O) groups is 1. The predicted octanol–water partition coefficient (Wildman–Crippen LogP) is 2.50. The zero-order valence-corrected chi connectivity index (χ0v) is 9.97. The normalized spacial score (nSPS) is 10.9. The van der Waals surface area contributed by atoms with Crippen molar-refractivity contribution in [3.63, 3.8) is 0 Å². The smallest absolute Gasteiger partial charge is 0.412 e. The molecule has 0 aliphatic rings. The van der Waals surface area contributed by atoms with Gasteiger partial charge >= 0.3 is 6.09 Å². The maximum atomic E-state index is 11.3. The van der Waals surface area contributed by atoms with Crippen LogP contribution in [0, 0.1) is 0 Å². The van der Waals surface area contributed by atoms with Crippen molar-refractivity contribution >= 4 is 22.4 Å². The van der Waals surface area contributed by atoms with Crippen molar-refractivity contribution in [3.05, 3.63) is 6.20 Å². The van der Waals surface area contributed by atoms with E-state index >= 15 is 0 Å². The standard InChI is InChI=1S/C9H14N2O3S/c1-9(2,3)14-7(12)11-6-5-10-8(13-4)15-6/h5H,1-4H3,(H,11,12). The summed E-state index contributed by atoms with van der Waals surface area (Å²) in [5, 5.41) is 3.67. The molecule has 0 fully saturated rings. The molecule has 0 saturated carbocycles. The summed E-state index contributed by atoms with van der Waals surface area (Å²) < 4.78 is 9.97. The van der Waals surface area contributed by atoms with Crippen molar-refractivity contribution < 1.29 is 14.3 Å². The van der Waals surface area contributed by atoms with E-state index < -0.39 is 11.7 Å². The highest BCUT2D eigenvalue weighted by Gasteiger charge is 2.16. The van der Waals surface area contributed by atoms with Crippen molar-refractivity contribution in [1.82, 2.24) is 4.98 Å². The van der Waals surface area contributed by atoms with Gasteiger partial charge in [0.2, 0.25) is 0 Å². The molecule has 1 amide bonds. The summed E-state index contributed by atoms with van der Waals surface area (Å²) in [6, 6.07) is 0. The monoisotopic (exact) mass is 230 g/mol. The Morgan fingerprint density at radius 2 is 2.20 bits per heavy atom. The number of hydrogen-bond acceptors (Lipinski definition) is 5. The van der Waals surface area contributed by atoms with E-state index in [-0.39, 0.29) is 0 Å². The van der Waals surface area contributed by atoms with Gasteiger partial charge in [-0.05, 0) is 20.8 Å². The Balaban J connectivity index is 2.51. The average Bonchev–Trinajstić information content (AvgIpc) is 2.48. The number of carbonyl (C=O) groups excluding carboxylic acids is 1. The van der Waals surface area contributed by atoms with E-state index in [9.17, 15) is 4.79 Å². The van der Waals surface area contributed by atoms with E-state index in [1.54, 1.807) is 20.8 Å². The van der Waals surface area contributed by atoms with Gasteiger partial charge in [-0.3, -0.25) is 5.32 Å². The number of thiazole rings is 1. The summed E-state index contributed by atoms with van der Waals surface area (Å²) >= 11 is 1.24. The van der Waals surface area contributed by atoms with Crippen LogP contribution in [0.4, 0.5) is 9.80 Å². The van der Waals surface area contributed by atoms with Crippen LogP contribution >= 0.6 is 11.3 Å². The van der Waals surface area contributed by atoms with Crippen LogP contribution in [-0.2, 0) is 4.74 Å². The molecule has 1 aromatic rings. The average molecular weight is 230 g/mol. The van der Waals surface area contributed by atoms with Crippen LogP contribution in [0.15, 0.2) is 6.20 Å². The van der Waals surface area contributed by atoms with Gasteiger partial charge in [-0.25, -0.2) is 9.78 Å². The fraction of sp³-hybridized carbons (Fsp3) is 0.556. The Morgan fingerprint density at radius 3 is 2.67 bits per heavy atom. The van der Waals surface area contributed by atoms with Crippen LogP contribution in [-0.4, -0.2) is 23.8 Å². The molecule has 0 saturated heterocycles. The molecular weight excluding hydrogens is 216 g/mol. The fourth-order valence-electron chi connectivity index (χ4n) is 0.814. The van der Waals surface area contributed by atoms with Crippen LogP contribution in [0.3, 0.4) is 0 Å². The molecule has 6 heteroatoms. The van der Waals surface area contributed by atoms with Gasteiger partial charge in [-0.15, -0.1) is 0 Å². The lowest BCUT2D eigenvalue weighted by molar-refractivity contribution is 0.0636. The van der Waals surface area contributed by atoms with Crippen LogP contribution in [0.5, 0.6) is 5.19 Å². The Kier molecular flexibility index (Phi) is 3.52. The lowest BCUT2D eigenvalue weighted by atomic mass is 10.2. The molecular formula is C9H14N2O3S. The van der Waals surface area contributed by atoms with Gasteiger partial charge in [0, 0.05) is 0 Å². The molecule has 0 atom stereocenters. The van der Waals surface area contributed by atoms with Gasteiger partial charge < -0.3 is 9.47 Å². The summed E-state index contributed by atoms with van der Waals surface area (Å²) in [6.07, 6.45) is 1.03. The first-order valence-electron chi connectivity index (χ1n) is 4.40. The zero-order valence-electron chi connectivity index (χ0n) is 9.16. The number of nitrogens with one attached hydrogen (secondary N) is 1. The van der Waals surface area contributed by atoms with Gasteiger partial charge in [-0.1, -0.05) is 11.3 Å². The topological polar surface area (TPSA) is 60.5 Å². The van der Waals surface area contributed by atoms with Crippen LogP contribution in [0.25, 0.3) is 0 Å². The Hall–Kier alpha value is -1.30. The van der Waals surface area contributed by atoms with E-state index in [1.165, 1.54) is 24.6 Å². The highest BCUT2D eigenvalue weighted by Crippen LogP contribution is 2.25. The third-order valence-electron chi connectivity index (χ3n) is 1.28. The number of hydrogen-bond donors (Lipinski definition) is 1. The van der Waals surface area contributed by atoms with E-state index in [0.29, 0.717) is 10.2 Å². The molecule has 0 aliphatic carbocycles. The van der Waals surface area contributed by atoms with Crippen molar-refractivity contribution in [2.45, 2.75) is 26.4 Å². The van der Waals surface area contributed by atoms with Crippen molar-refractivity contribution in [2.75, 3.05) is 12.4 Å². The first kappa shape index (κ1) is 11.8. The third-order valence-corrected chi connectivity index (χ3v) is 2.16. The summed E-state index contributed by atoms with van der Waals surface area (Å²) in [5.41, 5.74) is -0.501. The van der Waals surface area contributed by atoms with E-state index in [4.69, 9.17) is 9.47 Å². The molecule has 15 heavy (non-hydrogen) atoms. The molecule has 1 heterocycles. The second-order valence-corrected chi connectivity index (χ2v) is 4.81. The fourth-order valence-corrected chi connectivity index (χ4v) is 1.43. The minimum Gasteiger partial charge on any atom is -0.473 e. The van der Waals surface area contributed by atoms with Gasteiger partial charge in [0.1, 0.15) is 10.6 Å². The minimum absolute atomic E-state index is 0.492.